The van der Waals surface area contributed by atoms with Crippen LogP contribution in [0, 0.1) is 13.8 Å². The Balaban J connectivity index is 0.000000207. The molecule has 598 valence electrons. The molecule has 0 bridgehead atoms. The molecule has 6 aliphatic heterocycles. The smallest absolute Gasteiger partial charge is 0.307 e. The maximum atomic E-state index is 14.0. The Labute approximate surface area is 661 Å². The van der Waals surface area contributed by atoms with Gasteiger partial charge in [0, 0.05) is 73.2 Å². The fourth-order valence-electron chi connectivity index (χ4n) is 13.8. The highest BCUT2D eigenvalue weighted by atomic mass is 16.6. The average molecular weight is 1560 g/mol. The van der Waals surface area contributed by atoms with Gasteiger partial charge in [0.2, 0.25) is 0 Å². The first-order valence-electron chi connectivity index (χ1n) is 37.8. The van der Waals surface area contributed by atoms with Crippen LogP contribution in [0.4, 0.5) is 34.1 Å². The van der Waals surface area contributed by atoms with Gasteiger partial charge in [-0.05, 0) is 131 Å². The van der Waals surface area contributed by atoms with Gasteiger partial charge in [-0.2, -0.15) is 0 Å². The normalized spacial score (nSPS) is 15.5. The first kappa shape index (κ1) is 82.1. The van der Waals surface area contributed by atoms with E-state index in [9.17, 15) is 39.3 Å². The molecule has 8 aromatic carbocycles. The van der Waals surface area contributed by atoms with Crippen molar-refractivity contribution in [1.82, 2.24) is 0 Å². The number of phenolic OH excluding ortho intramolecular Hbond substituents is 1. The van der Waals surface area contributed by atoms with Gasteiger partial charge in [0.05, 0.1) is 179 Å². The summed E-state index contributed by atoms with van der Waals surface area (Å²) in [6.45, 7) is 8.95. The van der Waals surface area contributed by atoms with E-state index in [1.54, 1.807) is 72.5 Å². The molecule has 0 fully saturated rings. The molecule has 3 amide bonds. The molecule has 114 heavy (non-hydrogen) atoms. The number of esters is 2. The minimum absolute atomic E-state index is 0.0512. The van der Waals surface area contributed by atoms with Gasteiger partial charge in [0.25, 0.3) is 17.7 Å². The number of rotatable bonds is 35. The summed E-state index contributed by atoms with van der Waals surface area (Å²) in [5.41, 5.74) is 13.7. The Bertz CT molecular complexity index is 4790. The predicted molar refractivity (Wildman–Crippen MR) is 426 cm³/mol. The number of ether oxygens (including phenoxy) is 13. The quantitative estimate of drug-likeness (QED) is 0.0245. The second-order valence-corrected chi connectivity index (χ2v) is 27.3. The molecule has 3 N–H and O–H groups in total. The van der Waals surface area contributed by atoms with Crippen molar-refractivity contribution in [2.24, 2.45) is 15.0 Å². The van der Waals surface area contributed by atoms with E-state index in [4.69, 9.17) is 62.1 Å². The summed E-state index contributed by atoms with van der Waals surface area (Å²) in [4.78, 5) is 82.3. The molecule has 0 aromatic heterocycles. The summed E-state index contributed by atoms with van der Waals surface area (Å²) in [5.74, 6) is 1.88. The molecule has 6 aliphatic rings. The zero-order valence-electron chi connectivity index (χ0n) is 64.5. The van der Waals surface area contributed by atoms with Crippen LogP contribution < -0.4 is 38.4 Å². The molecular weight excluding hydrogens is 1460 g/mol. The van der Waals surface area contributed by atoms with Crippen molar-refractivity contribution in [3.63, 3.8) is 0 Å². The van der Waals surface area contributed by atoms with Crippen molar-refractivity contribution >= 4 is 82.4 Å². The third-order valence-corrected chi connectivity index (χ3v) is 19.5. The maximum absolute atomic E-state index is 14.0. The summed E-state index contributed by atoms with van der Waals surface area (Å²) in [7, 11) is 4.23. The molecule has 27 heteroatoms. The standard InChI is InChI=1S/C52H52N4O11.C18H28O8.C17H14N2O2/c1-33-20-41-43(53-29-38-24-36-8-4-6-10-45(36)55(38)51(41)58)27-47(33)66-31-34-21-35(23-40(22-34)65-19-18-64-17-16-63-15-14-62-13-12-50(57)61-3)32-67-49-28-44-42(26-48(49)60-2)52(59)56-39(30-54-44)25-37-9-5-7-11-46(37)56;1-22-18(21)2-3-23-4-5-24-6-7-25-8-9-26-17-11-15(13-19)10-16(12-17)14-20;1-10-6-13-14(8-16(10)20)18-9-12-7-11-4-2-3-5-15(11)19(12)17(13)21/h4-11,20-23,26-30,38-39H,12-19,24-25,31-32H2,1-3H3;10-12,19-20H,2-9,13-14H2,1H3;2-6,8-9,12,20H,7H2,1H3/t38-,39-;;12-/m0.0/s1. The third kappa shape index (κ3) is 20.9. The van der Waals surface area contributed by atoms with Gasteiger partial charge in [-0.15, -0.1) is 0 Å². The molecule has 8 aromatic rings. The number of hydrogen-bond donors (Lipinski definition) is 3. The van der Waals surface area contributed by atoms with Crippen LogP contribution in [0.1, 0.15) is 94.0 Å². The summed E-state index contributed by atoms with van der Waals surface area (Å²) in [6, 6.07) is 44.8. The first-order valence-corrected chi connectivity index (χ1v) is 37.8. The number of fused-ring (bicyclic) bond motifs is 12. The number of aliphatic hydroxyl groups excluding tert-OH is 2. The monoisotopic (exact) mass is 1560 g/mol. The Morgan fingerprint density at radius 3 is 1.16 bits per heavy atom. The highest BCUT2D eigenvalue weighted by molar-refractivity contribution is 6.17. The van der Waals surface area contributed by atoms with Crippen molar-refractivity contribution in [1.29, 1.82) is 0 Å². The summed E-state index contributed by atoms with van der Waals surface area (Å²) < 4.78 is 72.1. The SMILES string of the molecule is COC(=O)CCOCCOCCOCCOc1cc(CO)cc(CO)c1.COC(=O)CCOCCOCCOCCOc1cc(COc2cc3c(cc2C)C(=O)N2c4ccccc4C[C@H]2C=N3)cc(COc2cc3c(cc2OC)C(=O)N2c4ccccc4C[C@H]2C=N3)c1.Cc1cc2c(cc1O)N=C[C@@H]1Cc3ccccc3N1C2=O. The number of aromatic hydroxyl groups is 1. The lowest BCUT2D eigenvalue weighted by Crippen LogP contribution is -2.37. The number of aliphatic hydroxyl groups is 2. The van der Waals surface area contributed by atoms with Crippen molar-refractivity contribution in [3.8, 4) is 34.5 Å². The van der Waals surface area contributed by atoms with Gasteiger partial charge >= 0.3 is 11.9 Å². The van der Waals surface area contributed by atoms with E-state index in [1.807, 2.05) is 121 Å². The molecule has 6 heterocycles. The number of carbonyl (C=O) groups is 5. The molecule has 14 rings (SSSR count). The number of nitrogens with zero attached hydrogens (tertiary/aromatic N) is 6. The highest BCUT2D eigenvalue weighted by Gasteiger charge is 2.39. The number of methoxy groups -OCH3 is 3. The number of para-hydroxylation sites is 3. The van der Waals surface area contributed by atoms with Crippen LogP contribution in [0.2, 0.25) is 0 Å². The van der Waals surface area contributed by atoms with E-state index in [0.29, 0.717) is 171 Å². The second-order valence-electron chi connectivity index (χ2n) is 27.3. The predicted octanol–water partition coefficient (Wildman–Crippen LogP) is 11.4. The van der Waals surface area contributed by atoms with Gasteiger partial charge in [-0.1, -0.05) is 60.7 Å². The number of aliphatic imine (C=N–C) groups is 3. The van der Waals surface area contributed by atoms with E-state index >= 15 is 0 Å². The minimum Gasteiger partial charge on any atom is -0.508 e. The lowest BCUT2D eigenvalue weighted by molar-refractivity contribution is -0.142. The fraction of sp³-hybridized carbons (Fsp3) is 0.356. The van der Waals surface area contributed by atoms with Gasteiger partial charge < -0.3 is 76.9 Å². The number of aryl methyl sites for hydroxylation is 2. The van der Waals surface area contributed by atoms with E-state index in [-0.39, 0.29) is 106 Å². The Morgan fingerprint density at radius 1 is 0.395 bits per heavy atom. The summed E-state index contributed by atoms with van der Waals surface area (Å²) >= 11 is 0. The zero-order chi connectivity index (χ0) is 79.9. The van der Waals surface area contributed by atoms with Crippen molar-refractivity contribution < 1.29 is 101 Å². The topological polar surface area (TPSA) is 313 Å². The fourth-order valence-corrected chi connectivity index (χ4v) is 13.8. The lowest BCUT2D eigenvalue weighted by atomic mass is 10.1. The zero-order valence-corrected chi connectivity index (χ0v) is 64.5. The van der Waals surface area contributed by atoms with Gasteiger partial charge in [-0.25, -0.2) is 0 Å². The van der Waals surface area contributed by atoms with Crippen LogP contribution in [0.25, 0.3) is 0 Å². The molecule has 0 saturated carbocycles. The lowest BCUT2D eigenvalue weighted by Gasteiger charge is -2.22. The third-order valence-electron chi connectivity index (χ3n) is 19.5. The van der Waals surface area contributed by atoms with Crippen LogP contribution in [0.3, 0.4) is 0 Å². The summed E-state index contributed by atoms with van der Waals surface area (Å²) in [6.07, 6.45) is 8.11. The van der Waals surface area contributed by atoms with Crippen molar-refractivity contribution in [2.75, 3.05) is 129 Å². The molecule has 27 nitrogen and oxygen atoms in total. The Hall–Kier alpha value is -11.4. The van der Waals surface area contributed by atoms with Gasteiger partial charge in [0.15, 0.2) is 11.5 Å². The number of carbonyl (C=O) groups excluding carboxylic acids is 5. The minimum atomic E-state index is -0.316. The van der Waals surface area contributed by atoms with Gasteiger partial charge in [-0.3, -0.25) is 53.6 Å². The molecule has 0 aliphatic carbocycles. The molecule has 0 radical (unpaired) electrons. The first-order chi connectivity index (χ1) is 55.6. The number of hydrogen-bond acceptors (Lipinski definition) is 24. The van der Waals surface area contributed by atoms with E-state index in [0.717, 1.165) is 51.3 Å². The van der Waals surface area contributed by atoms with Gasteiger partial charge in [0.1, 0.15) is 49.4 Å². The number of phenols is 1. The molecular formula is C87H94N6O21. The van der Waals surface area contributed by atoms with Crippen LogP contribution in [-0.4, -0.2) is 196 Å². The average Bonchev–Trinajstić information content (AvgIpc) is 1.62. The molecule has 0 saturated heterocycles. The molecule has 0 unspecified atom stereocenters. The van der Waals surface area contributed by atoms with Crippen LogP contribution in [-0.2, 0) is 93.2 Å². The highest BCUT2D eigenvalue weighted by Crippen LogP contribution is 2.44. The van der Waals surface area contributed by atoms with Crippen LogP contribution in [0.5, 0.6) is 34.5 Å². The largest absolute Gasteiger partial charge is 0.508 e. The van der Waals surface area contributed by atoms with Crippen LogP contribution >= 0.6 is 0 Å². The van der Waals surface area contributed by atoms with E-state index < -0.39 is 0 Å². The Kier molecular flexibility index (Phi) is 29.1. The van der Waals surface area contributed by atoms with Crippen molar-refractivity contribution in [2.45, 2.75) is 90.5 Å². The number of anilines is 3. The Morgan fingerprint density at radius 2 is 0.746 bits per heavy atom. The van der Waals surface area contributed by atoms with E-state index in [2.05, 4.69) is 20.5 Å². The second kappa shape index (κ2) is 40.4. The van der Waals surface area contributed by atoms with E-state index in [1.165, 1.54) is 19.8 Å². The van der Waals surface area contributed by atoms with Crippen LogP contribution in [0.15, 0.2) is 161 Å². The number of benzene rings is 8. The maximum Gasteiger partial charge on any atom is 0.307 e. The molecule has 3 atom stereocenters. The number of amides is 3. The van der Waals surface area contributed by atoms with Crippen molar-refractivity contribution in [3.05, 3.63) is 212 Å². The summed E-state index contributed by atoms with van der Waals surface area (Å²) in [5, 5.41) is 28.2. The molecule has 0 spiro atoms.